The van der Waals surface area contributed by atoms with Gasteiger partial charge in [-0.1, -0.05) is 42.0 Å². The molecule has 0 saturated carbocycles. The normalized spacial score (nSPS) is 10.8. The number of pyridine rings is 1. The monoisotopic (exact) mass is 442 g/mol. The fraction of sp³-hybridized carbons (Fsp3) is 0.231. The lowest BCUT2D eigenvalue weighted by Gasteiger charge is -2.12. The molecule has 33 heavy (non-hydrogen) atoms. The van der Waals surface area contributed by atoms with Crippen molar-refractivity contribution in [2.45, 2.75) is 32.2 Å². The van der Waals surface area contributed by atoms with Crippen LogP contribution in [0.4, 0.5) is 0 Å². The van der Waals surface area contributed by atoms with E-state index in [0.717, 1.165) is 60.4 Å². The number of benzene rings is 2. The van der Waals surface area contributed by atoms with Crippen LogP contribution in [0.2, 0.25) is 0 Å². The van der Waals surface area contributed by atoms with Crippen molar-refractivity contribution in [3.63, 3.8) is 0 Å². The van der Waals surface area contributed by atoms with E-state index in [4.69, 9.17) is 9.84 Å². The van der Waals surface area contributed by atoms with Crippen LogP contribution >= 0.6 is 0 Å². The van der Waals surface area contributed by atoms with E-state index >= 15 is 0 Å². The molecule has 0 fully saturated rings. The quantitative estimate of drug-likeness (QED) is 0.315. The van der Waals surface area contributed by atoms with Crippen LogP contribution in [0.1, 0.15) is 36.0 Å². The van der Waals surface area contributed by atoms with Crippen LogP contribution in [0.15, 0.2) is 79.3 Å². The summed E-state index contributed by atoms with van der Waals surface area (Å²) in [5, 5.41) is 17.5. The topological polar surface area (TPSA) is 90.1 Å². The summed E-state index contributed by atoms with van der Waals surface area (Å²) < 4.78 is 7.92. The SMILES string of the molecule is O=C(O)c1ccc(-c2ccccc2OCCCCCCn2cc(-c3cccnc3)nn2)cc1. The number of aryl methyl sites for hydroxylation is 1. The van der Waals surface area contributed by atoms with Gasteiger partial charge in [-0.2, -0.15) is 0 Å². The number of nitrogens with zero attached hydrogens (tertiary/aromatic N) is 4. The zero-order valence-electron chi connectivity index (χ0n) is 18.3. The Bertz CT molecular complexity index is 1170. The molecule has 0 amide bonds. The van der Waals surface area contributed by atoms with E-state index in [0.29, 0.717) is 6.61 Å². The Morgan fingerprint density at radius 3 is 2.52 bits per heavy atom. The van der Waals surface area contributed by atoms with Crippen molar-refractivity contribution in [1.82, 2.24) is 20.0 Å². The molecule has 0 spiro atoms. The van der Waals surface area contributed by atoms with E-state index in [9.17, 15) is 4.79 Å². The van der Waals surface area contributed by atoms with Crippen LogP contribution in [-0.2, 0) is 6.54 Å². The maximum atomic E-state index is 11.1. The first-order valence-corrected chi connectivity index (χ1v) is 11.1. The van der Waals surface area contributed by atoms with Crippen molar-refractivity contribution in [2.24, 2.45) is 0 Å². The van der Waals surface area contributed by atoms with Crippen LogP contribution < -0.4 is 4.74 Å². The Labute approximate surface area is 192 Å². The molecule has 1 N–H and O–H groups in total. The summed E-state index contributed by atoms with van der Waals surface area (Å²) in [6.45, 7) is 1.47. The van der Waals surface area contributed by atoms with Gasteiger partial charge in [0.2, 0.25) is 0 Å². The highest BCUT2D eigenvalue weighted by atomic mass is 16.5. The second-order valence-electron chi connectivity index (χ2n) is 7.75. The minimum absolute atomic E-state index is 0.274. The molecule has 2 aromatic heterocycles. The molecule has 2 heterocycles. The minimum Gasteiger partial charge on any atom is -0.493 e. The Morgan fingerprint density at radius 1 is 0.909 bits per heavy atom. The second-order valence-corrected chi connectivity index (χ2v) is 7.75. The number of hydrogen-bond donors (Lipinski definition) is 1. The molecule has 0 aliphatic rings. The van der Waals surface area contributed by atoms with Crippen molar-refractivity contribution >= 4 is 5.97 Å². The van der Waals surface area contributed by atoms with Gasteiger partial charge in [0.05, 0.1) is 18.4 Å². The number of aromatic nitrogens is 4. The molecule has 7 nitrogen and oxygen atoms in total. The Balaban J connectivity index is 1.20. The maximum Gasteiger partial charge on any atom is 0.335 e. The minimum atomic E-state index is -0.927. The fourth-order valence-corrected chi connectivity index (χ4v) is 3.59. The van der Waals surface area contributed by atoms with Gasteiger partial charge in [-0.25, -0.2) is 4.79 Å². The first-order valence-electron chi connectivity index (χ1n) is 11.1. The average molecular weight is 443 g/mol. The molecule has 7 heteroatoms. The van der Waals surface area contributed by atoms with Crippen molar-refractivity contribution in [3.8, 4) is 28.1 Å². The molecule has 0 aliphatic carbocycles. The molecule has 0 bridgehead atoms. The predicted octanol–water partition coefficient (Wildman–Crippen LogP) is 5.34. The second kappa shape index (κ2) is 11.0. The summed E-state index contributed by atoms with van der Waals surface area (Å²) in [4.78, 5) is 15.2. The Morgan fingerprint density at radius 2 is 1.73 bits per heavy atom. The van der Waals surface area contributed by atoms with E-state index in [1.165, 1.54) is 0 Å². The van der Waals surface area contributed by atoms with E-state index in [-0.39, 0.29) is 5.56 Å². The molecular formula is C26H26N4O3. The smallest absolute Gasteiger partial charge is 0.335 e. The number of carbonyl (C=O) groups is 1. The molecule has 0 saturated heterocycles. The van der Waals surface area contributed by atoms with Gasteiger partial charge in [0.1, 0.15) is 11.4 Å². The third kappa shape index (κ3) is 6.04. The van der Waals surface area contributed by atoms with E-state index in [1.54, 1.807) is 24.5 Å². The van der Waals surface area contributed by atoms with Crippen LogP contribution in [0.3, 0.4) is 0 Å². The van der Waals surface area contributed by atoms with Gasteiger partial charge in [-0.3, -0.25) is 9.67 Å². The molecule has 0 unspecified atom stereocenters. The number of para-hydroxylation sites is 1. The van der Waals surface area contributed by atoms with Crippen LogP contribution in [0.5, 0.6) is 5.75 Å². The lowest BCUT2D eigenvalue weighted by atomic mass is 10.0. The zero-order chi connectivity index (χ0) is 22.9. The summed E-state index contributed by atoms with van der Waals surface area (Å²) in [5.41, 5.74) is 3.99. The number of ether oxygens (including phenoxy) is 1. The summed E-state index contributed by atoms with van der Waals surface area (Å²) in [6.07, 6.45) is 9.64. The number of rotatable bonds is 11. The zero-order valence-corrected chi connectivity index (χ0v) is 18.3. The molecule has 0 radical (unpaired) electrons. The third-order valence-corrected chi connectivity index (χ3v) is 5.36. The average Bonchev–Trinajstić information content (AvgIpc) is 3.33. The van der Waals surface area contributed by atoms with Crippen molar-refractivity contribution in [1.29, 1.82) is 0 Å². The standard InChI is InChI=1S/C26H26N4O3/c31-26(32)21-13-11-20(12-14-21)23-9-3-4-10-25(23)33-17-6-2-1-5-16-30-19-24(28-29-30)22-8-7-15-27-18-22/h3-4,7-15,18-19H,1-2,5-6,16-17H2,(H,31,32). The highest BCUT2D eigenvalue weighted by Crippen LogP contribution is 2.30. The van der Waals surface area contributed by atoms with Crippen LogP contribution in [0, 0.1) is 0 Å². The van der Waals surface area contributed by atoms with E-state index in [1.807, 2.05) is 59.4 Å². The van der Waals surface area contributed by atoms with Gasteiger partial charge in [0, 0.05) is 30.1 Å². The number of carboxylic acids is 1. The predicted molar refractivity (Wildman–Crippen MR) is 126 cm³/mol. The van der Waals surface area contributed by atoms with Gasteiger partial charge < -0.3 is 9.84 Å². The molecule has 0 aliphatic heterocycles. The first kappa shape index (κ1) is 22.2. The number of carboxylic acid groups (broad SMARTS) is 1. The molecule has 2 aromatic carbocycles. The summed E-state index contributed by atoms with van der Waals surface area (Å²) in [6, 6.07) is 18.6. The number of unbranched alkanes of at least 4 members (excludes halogenated alkanes) is 3. The Hall–Kier alpha value is -4.00. The van der Waals surface area contributed by atoms with E-state index in [2.05, 4.69) is 15.3 Å². The molecule has 4 aromatic rings. The highest BCUT2D eigenvalue weighted by molar-refractivity contribution is 5.88. The summed E-state index contributed by atoms with van der Waals surface area (Å²) >= 11 is 0. The largest absolute Gasteiger partial charge is 0.493 e. The molecular weight excluding hydrogens is 416 g/mol. The highest BCUT2D eigenvalue weighted by Gasteiger charge is 2.08. The maximum absolute atomic E-state index is 11.1. The Kier molecular flexibility index (Phi) is 7.43. The van der Waals surface area contributed by atoms with Crippen molar-refractivity contribution in [3.05, 3.63) is 84.8 Å². The van der Waals surface area contributed by atoms with Gasteiger partial charge in [-0.05, 0) is 55.2 Å². The van der Waals surface area contributed by atoms with Gasteiger partial charge in [0.25, 0.3) is 0 Å². The lowest BCUT2D eigenvalue weighted by molar-refractivity contribution is 0.0697. The van der Waals surface area contributed by atoms with Gasteiger partial charge in [0.15, 0.2) is 0 Å². The van der Waals surface area contributed by atoms with Gasteiger partial charge >= 0.3 is 5.97 Å². The fourth-order valence-electron chi connectivity index (χ4n) is 3.59. The third-order valence-electron chi connectivity index (χ3n) is 5.36. The van der Waals surface area contributed by atoms with Crippen molar-refractivity contribution in [2.75, 3.05) is 6.61 Å². The lowest BCUT2D eigenvalue weighted by Crippen LogP contribution is -2.01. The molecule has 0 atom stereocenters. The van der Waals surface area contributed by atoms with Crippen molar-refractivity contribution < 1.29 is 14.6 Å². The van der Waals surface area contributed by atoms with Crippen LogP contribution in [-0.4, -0.2) is 37.7 Å². The molecule has 4 rings (SSSR count). The van der Waals surface area contributed by atoms with E-state index < -0.39 is 5.97 Å². The molecule has 168 valence electrons. The number of hydrogen-bond acceptors (Lipinski definition) is 5. The van der Waals surface area contributed by atoms with Gasteiger partial charge in [-0.15, -0.1) is 5.10 Å². The summed E-state index contributed by atoms with van der Waals surface area (Å²) in [7, 11) is 0. The van der Waals surface area contributed by atoms with Crippen LogP contribution in [0.25, 0.3) is 22.4 Å². The first-order chi connectivity index (χ1) is 16.2. The number of aromatic carboxylic acids is 1. The summed E-state index contributed by atoms with van der Waals surface area (Å²) in [5.74, 6) is -0.116.